The van der Waals surface area contributed by atoms with E-state index in [-0.39, 0.29) is 0 Å². The first-order valence-electron chi connectivity index (χ1n) is 13.1. The number of nitrogens with one attached hydrogen (secondary N) is 1. The van der Waals surface area contributed by atoms with E-state index < -0.39 is 5.60 Å². The first kappa shape index (κ1) is 24.8. The number of benzene rings is 3. The lowest BCUT2D eigenvalue weighted by Gasteiger charge is -2.35. The molecule has 194 valence electrons. The molecule has 7 heteroatoms. The van der Waals surface area contributed by atoms with E-state index in [2.05, 4.69) is 108 Å². The van der Waals surface area contributed by atoms with Gasteiger partial charge in [-0.25, -0.2) is 4.98 Å². The smallest absolute Gasteiger partial charge is 0.237 e. The summed E-state index contributed by atoms with van der Waals surface area (Å²) in [6, 6.07) is 27.7. The minimum Gasteiger partial charge on any atom is -0.468 e. The highest BCUT2D eigenvalue weighted by Gasteiger charge is 2.36. The Morgan fingerprint density at radius 2 is 1.68 bits per heavy atom. The van der Waals surface area contributed by atoms with E-state index >= 15 is 0 Å². The number of hydrogen-bond donors (Lipinski definition) is 1. The van der Waals surface area contributed by atoms with Crippen molar-refractivity contribution >= 4 is 23.6 Å². The molecule has 2 aliphatic rings. The Labute approximate surface area is 229 Å². The third-order valence-corrected chi connectivity index (χ3v) is 8.03. The highest BCUT2D eigenvalue weighted by atomic mass is 32.2. The summed E-state index contributed by atoms with van der Waals surface area (Å²) < 4.78 is 10.2. The lowest BCUT2D eigenvalue weighted by atomic mass is 10.00. The van der Waals surface area contributed by atoms with E-state index in [0.29, 0.717) is 11.8 Å². The van der Waals surface area contributed by atoms with Gasteiger partial charge >= 0.3 is 0 Å². The lowest BCUT2D eigenvalue weighted by Crippen LogP contribution is -2.49. The molecule has 3 aromatic carbocycles. The van der Waals surface area contributed by atoms with E-state index in [1.807, 2.05) is 6.07 Å². The summed E-state index contributed by atoms with van der Waals surface area (Å²) in [5.74, 6) is 1.14. The zero-order valence-corrected chi connectivity index (χ0v) is 23.0. The quantitative estimate of drug-likeness (QED) is 0.314. The first-order valence-corrected chi connectivity index (χ1v) is 13.9. The van der Waals surface area contributed by atoms with Crippen molar-refractivity contribution in [2.45, 2.75) is 37.8 Å². The van der Waals surface area contributed by atoms with Crippen molar-refractivity contribution in [2.24, 2.45) is 0 Å². The zero-order chi connectivity index (χ0) is 26.1. The van der Waals surface area contributed by atoms with Crippen LogP contribution in [0.5, 0.6) is 5.88 Å². The van der Waals surface area contributed by atoms with Gasteiger partial charge in [0, 0.05) is 48.4 Å². The van der Waals surface area contributed by atoms with Gasteiger partial charge in [-0.2, -0.15) is 4.98 Å². The fourth-order valence-corrected chi connectivity index (χ4v) is 6.21. The average Bonchev–Trinajstić information content (AvgIpc) is 3.06. The number of aromatic nitrogens is 2. The largest absolute Gasteiger partial charge is 0.468 e. The van der Waals surface area contributed by atoms with Crippen molar-refractivity contribution in [1.82, 2.24) is 14.9 Å². The SMILES string of the molecule is Cc1cccc(C)c1-c1cc2nc(n1)NSc1cccc(c1)N1CCN(Cc3ccccc3)CC(C)(C1)O2. The third-order valence-electron chi connectivity index (χ3n) is 7.25. The van der Waals surface area contributed by atoms with Crippen molar-refractivity contribution in [3.63, 3.8) is 0 Å². The summed E-state index contributed by atoms with van der Waals surface area (Å²) in [5, 5.41) is 0. The van der Waals surface area contributed by atoms with Crippen LogP contribution >= 0.6 is 11.9 Å². The summed E-state index contributed by atoms with van der Waals surface area (Å²) in [6.07, 6.45) is 0. The van der Waals surface area contributed by atoms with Gasteiger partial charge in [0.05, 0.1) is 12.2 Å². The number of aryl methyl sites for hydroxylation is 2. The van der Waals surface area contributed by atoms with Crippen molar-refractivity contribution in [3.05, 3.63) is 95.6 Å². The molecule has 1 atom stereocenters. The van der Waals surface area contributed by atoms with Crippen LogP contribution in [0.4, 0.5) is 11.6 Å². The van der Waals surface area contributed by atoms with Gasteiger partial charge in [0.25, 0.3) is 0 Å². The molecular formula is C31H33N5OS. The van der Waals surface area contributed by atoms with Gasteiger partial charge in [0.15, 0.2) is 0 Å². The molecule has 6 nitrogen and oxygen atoms in total. The normalized spacial score (nSPS) is 19.4. The number of hydrogen-bond acceptors (Lipinski definition) is 7. The topological polar surface area (TPSA) is 53.5 Å². The first-order chi connectivity index (χ1) is 18.4. The van der Waals surface area contributed by atoms with Crippen molar-refractivity contribution < 1.29 is 4.74 Å². The standard InChI is InChI=1S/C31H33N5OS/c1-22-9-7-10-23(2)29(22)27-18-28-33-30(32-27)34-38-26-14-8-13-25(17-26)36-16-15-35(20-31(3,21-36)37-28)19-24-11-5-4-6-12-24/h4-14,17-18H,15-16,19-21H2,1-3H3,(H,32,33,34). The van der Waals surface area contributed by atoms with Gasteiger partial charge in [0.2, 0.25) is 11.8 Å². The Morgan fingerprint density at radius 1 is 0.895 bits per heavy atom. The predicted molar refractivity (Wildman–Crippen MR) is 156 cm³/mol. The molecule has 1 unspecified atom stereocenters. The van der Waals surface area contributed by atoms with Gasteiger partial charge in [-0.15, -0.1) is 0 Å². The van der Waals surface area contributed by atoms with Crippen molar-refractivity contribution in [3.8, 4) is 17.1 Å². The van der Waals surface area contributed by atoms with E-state index in [0.717, 1.165) is 48.9 Å². The van der Waals surface area contributed by atoms with Crippen molar-refractivity contribution in [1.29, 1.82) is 0 Å². The maximum absolute atomic E-state index is 6.86. The zero-order valence-electron chi connectivity index (χ0n) is 22.1. The predicted octanol–water partition coefficient (Wildman–Crippen LogP) is 6.35. The van der Waals surface area contributed by atoms with Crippen LogP contribution in [0.3, 0.4) is 0 Å². The average molecular weight is 524 g/mol. The van der Waals surface area contributed by atoms with Gasteiger partial charge in [0.1, 0.15) is 5.60 Å². The van der Waals surface area contributed by atoms with E-state index in [4.69, 9.17) is 14.7 Å². The second-order valence-electron chi connectivity index (χ2n) is 10.6. The fourth-order valence-electron chi connectivity index (χ4n) is 5.58. The maximum Gasteiger partial charge on any atom is 0.237 e. The molecule has 2 aliphatic heterocycles. The van der Waals surface area contributed by atoms with Crippen LogP contribution in [0.25, 0.3) is 11.3 Å². The minimum absolute atomic E-state index is 0.489. The number of rotatable bonds is 3. The molecule has 0 saturated carbocycles. The summed E-state index contributed by atoms with van der Waals surface area (Å²) in [7, 11) is 0. The summed E-state index contributed by atoms with van der Waals surface area (Å²) in [4.78, 5) is 15.8. The second kappa shape index (κ2) is 10.3. The minimum atomic E-state index is -0.489. The van der Waals surface area contributed by atoms with Crippen LogP contribution in [0.15, 0.2) is 83.8 Å². The molecule has 3 heterocycles. The van der Waals surface area contributed by atoms with Crippen LogP contribution in [-0.4, -0.2) is 46.6 Å². The Kier molecular flexibility index (Phi) is 6.72. The lowest BCUT2D eigenvalue weighted by molar-refractivity contribution is 0.0548. The molecule has 1 saturated heterocycles. The Morgan fingerprint density at radius 3 is 2.50 bits per heavy atom. The number of anilines is 2. The Bertz CT molecular complexity index is 1430. The Hall–Kier alpha value is -3.55. The molecule has 38 heavy (non-hydrogen) atoms. The summed E-state index contributed by atoms with van der Waals surface area (Å²) >= 11 is 1.53. The molecule has 0 aliphatic carbocycles. The van der Waals surface area contributed by atoms with E-state index in [9.17, 15) is 0 Å². The molecule has 4 aromatic rings. The highest BCUT2D eigenvalue weighted by molar-refractivity contribution is 8.00. The van der Waals surface area contributed by atoms with Crippen LogP contribution in [-0.2, 0) is 6.54 Å². The van der Waals surface area contributed by atoms with Crippen LogP contribution in [0, 0.1) is 13.8 Å². The Balaban J connectivity index is 1.43. The molecular weight excluding hydrogens is 490 g/mol. The monoisotopic (exact) mass is 523 g/mol. The molecule has 0 spiro atoms. The van der Waals surface area contributed by atoms with Gasteiger partial charge in [-0.1, -0.05) is 54.6 Å². The molecule has 1 N–H and O–H groups in total. The number of nitrogens with zero attached hydrogens (tertiary/aromatic N) is 4. The molecule has 0 radical (unpaired) electrons. The fraction of sp³-hybridized carbons (Fsp3) is 0.290. The van der Waals surface area contributed by atoms with Crippen molar-refractivity contribution in [2.75, 3.05) is 35.8 Å². The number of ether oxygens (including phenoxy) is 1. The third kappa shape index (κ3) is 5.35. The summed E-state index contributed by atoms with van der Waals surface area (Å²) in [6.45, 7) is 10.8. The molecule has 6 rings (SSSR count). The molecule has 1 fully saturated rings. The summed E-state index contributed by atoms with van der Waals surface area (Å²) in [5.41, 5.74) is 6.39. The molecule has 6 bridgehead atoms. The second-order valence-corrected chi connectivity index (χ2v) is 11.4. The van der Waals surface area contributed by atoms with E-state index in [1.54, 1.807) is 0 Å². The number of fused-ring (bicyclic) bond motifs is 7. The highest BCUT2D eigenvalue weighted by Crippen LogP contribution is 2.34. The van der Waals surface area contributed by atoms with Gasteiger partial charge < -0.3 is 9.64 Å². The van der Waals surface area contributed by atoms with Crippen LogP contribution in [0.2, 0.25) is 0 Å². The van der Waals surface area contributed by atoms with Gasteiger partial charge in [-0.05, 0) is 67.6 Å². The maximum atomic E-state index is 6.86. The van der Waals surface area contributed by atoms with Gasteiger partial charge in [-0.3, -0.25) is 9.62 Å². The van der Waals surface area contributed by atoms with Crippen LogP contribution in [0.1, 0.15) is 23.6 Å². The van der Waals surface area contributed by atoms with E-state index in [1.165, 1.54) is 34.3 Å². The molecule has 0 amide bonds. The molecule has 1 aromatic heterocycles. The van der Waals surface area contributed by atoms with Crippen LogP contribution < -0.4 is 14.4 Å².